The van der Waals surface area contributed by atoms with E-state index in [1.54, 1.807) is 0 Å². The van der Waals surface area contributed by atoms with E-state index in [2.05, 4.69) is 48.5 Å². The van der Waals surface area contributed by atoms with Gasteiger partial charge in [-0.2, -0.15) is 14.0 Å². The zero-order valence-electron chi connectivity index (χ0n) is 9.23. The van der Waals surface area contributed by atoms with Gasteiger partial charge in [-0.05, 0) is 11.1 Å². The fourth-order valence-corrected chi connectivity index (χ4v) is 1.26. The molecule has 2 aromatic carbocycles. The van der Waals surface area contributed by atoms with Crippen molar-refractivity contribution in [3.8, 4) is 11.1 Å². The van der Waals surface area contributed by atoms with E-state index in [0.29, 0.717) is 0 Å². The van der Waals surface area contributed by atoms with Crippen molar-refractivity contribution >= 4 is 24.0 Å². The monoisotopic (exact) mass is 382 g/mol. The Hall–Kier alpha value is -0.700. The smallest absolute Gasteiger partial charge is 0.0777 e. The molecule has 0 aliphatic heterocycles. The van der Waals surface area contributed by atoms with E-state index in [9.17, 15) is 0 Å². The number of hydrogen-bond acceptors (Lipinski definition) is 4. The van der Waals surface area contributed by atoms with E-state index in [0.717, 1.165) is 0 Å². The maximum absolute atomic E-state index is 8.60. The summed E-state index contributed by atoms with van der Waals surface area (Å²) in [4.78, 5) is 0. The lowest BCUT2D eigenvalue weighted by Gasteiger charge is -2.03. The predicted octanol–water partition coefficient (Wildman–Crippen LogP) is -0.152. The van der Waals surface area contributed by atoms with Crippen LogP contribution in [-0.4, -0.2) is 4.66 Å². The summed E-state index contributed by atoms with van der Waals surface area (Å²) in [5, 5.41) is 0. The Bertz CT molecular complexity index is 387. The van der Waals surface area contributed by atoms with Crippen molar-refractivity contribution in [1.29, 1.82) is 0 Å². The molecule has 0 radical (unpaired) electrons. The molecule has 0 fully saturated rings. The van der Waals surface area contributed by atoms with Crippen LogP contribution in [-0.2, 0) is 0 Å². The standard InChI is InChI=1S/C12H10.ClHO4.HI/c1-3-7-11(8-4-1)12-9-5-2-6-10-12;2-1(3,4)5;/h1-10H;(H,2,3,4,5);1H. The van der Waals surface area contributed by atoms with Gasteiger partial charge in [-0.25, -0.2) is 0 Å². The van der Waals surface area contributed by atoms with E-state index in [-0.39, 0.29) is 24.0 Å². The molecule has 0 aromatic heterocycles. The largest absolute Gasteiger partial charge is 0.183 e. The minimum absolute atomic E-state index is 0. The van der Waals surface area contributed by atoms with E-state index in [1.165, 1.54) is 11.1 Å². The van der Waals surface area contributed by atoms with Gasteiger partial charge in [0.05, 0.1) is 14.9 Å². The Labute approximate surface area is 124 Å². The molecule has 2 aromatic rings. The van der Waals surface area contributed by atoms with Gasteiger partial charge in [0.1, 0.15) is 0 Å². The van der Waals surface area contributed by atoms with Crippen molar-refractivity contribution in [2.24, 2.45) is 0 Å². The minimum atomic E-state index is -4.69. The molecule has 0 heterocycles. The van der Waals surface area contributed by atoms with Gasteiger partial charge in [0, 0.05) is 0 Å². The van der Waals surface area contributed by atoms with Crippen molar-refractivity contribution in [3.05, 3.63) is 60.7 Å². The predicted molar refractivity (Wildman–Crippen MR) is 69.5 cm³/mol. The zero-order valence-corrected chi connectivity index (χ0v) is 12.3. The molecular formula is C12H12ClIO4. The van der Waals surface area contributed by atoms with E-state index < -0.39 is 10.2 Å². The third-order valence-electron chi connectivity index (χ3n) is 1.88. The molecule has 0 atom stereocenters. The molecule has 98 valence electrons. The van der Waals surface area contributed by atoms with Crippen LogP contribution in [0.5, 0.6) is 0 Å². The summed E-state index contributed by atoms with van der Waals surface area (Å²) >= 11 is 0. The molecule has 0 saturated heterocycles. The average Bonchev–Trinajstić information content (AvgIpc) is 2.29. The summed E-state index contributed by atoms with van der Waals surface area (Å²) in [6, 6.07) is 20.8. The molecule has 0 unspecified atom stereocenters. The minimum Gasteiger partial charge on any atom is -0.183 e. The first kappa shape index (κ1) is 17.3. The van der Waals surface area contributed by atoms with Crippen LogP contribution >= 0.6 is 24.0 Å². The van der Waals surface area contributed by atoms with Crippen molar-refractivity contribution in [1.82, 2.24) is 0 Å². The van der Waals surface area contributed by atoms with Crippen LogP contribution in [0.15, 0.2) is 60.7 Å². The van der Waals surface area contributed by atoms with E-state index >= 15 is 0 Å². The van der Waals surface area contributed by atoms with Gasteiger partial charge in [0.2, 0.25) is 0 Å². The molecule has 0 bridgehead atoms. The molecule has 0 aliphatic carbocycles. The molecular weight excluding hydrogens is 370 g/mol. The average molecular weight is 383 g/mol. The molecule has 6 heteroatoms. The summed E-state index contributed by atoms with van der Waals surface area (Å²) in [5.41, 5.74) is 2.55. The molecule has 1 N–H and O–H groups in total. The lowest BCUT2D eigenvalue weighted by Crippen LogP contribution is -2.58. The second-order valence-corrected chi connectivity index (χ2v) is 3.92. The van der Waals surface area contributed by atoms with Crippen molar-refractivity contribution < 1.29 is 28.9 Å². The Morgan fingerprint density at radius 1 is 0.667 bits per heavy atom. The van der Waals surface area contributed by atoms with Crippen LogP contribution < -0.4 is 14.0 Å². The second-order valence-electron chi connectivity index (χ2n) is 3.13. The highest BCUT2D eigenvalue weighted by atomic mass is 127. The highest BCUT2D eigenvalue weighted by Crippen LogP contribution is 2.17. The molecule has 18 heavy (non-hydrogen) atoms. The first-order valence-corrected chi connectivity index (χ1v) is 5.97. The Kier molecular flexibility index (Phi) is 8.08. The number of rotatable bonds is 1. The quantitative estimate of drug-likeness (QED) is 0.695. The highest BCUT2D eigenvalue weighted by molar-refractivity contribution is 14.0. The van der Waals surface area contributed by atoms with Crippen LogP contribution in [0.4, 0.5) is 0 Å². The topological polar surface area (TPSA) is 89.4 Å². The van der Waals surface area contributed by atoms with Crippen LogP contribution in [0.2, 0.25) is 0 Å². The van der Waals surface area contributed by atoms with Crippen LogP contribution in [0.3, 0.4) is 0 Å². The zero-order chi connectivity index (χ0) is 12.7. The fraction of sp³-hybridized carbons (Fsp3) is 0. The van der Waals surface area contributed by atoms with E-state index in [1.807, 2.05) is 12.1 Å². The van der Waals surface area contributed by atoms with Gasteiger partial charge < -0.3 is 0 Å². The van der Waals surface area contributed by atoms with E-state index in [4.69, 9.17) is 18.6 Å². The van der Waals surface area contributed by atoms with Crippen molar-refractivity contribution in [3.63, 3.8) is 0 Å². The fourth-order valence-electron chi connectivity index (χ4n) is 1.26. The Morgan fingerprint density at radius 2 is 0.889 bits per heavy atom. The molecule has 2 rings (SSSR count). The molecule has 0 aliphatic rings. The summed E-state index contributed by atoms with van der Waals surface area (Å²) < 4.78 is 32.7. The first-order valence-electron chi connectivity index (χ1n) is 4.70. The van der Waals surface area contributed by atoms with Gasteiger partial charge in [0.15, 0.2) is 0 Å². The normalized spacial score (nSPS) is 9.78. The SMILES string of the molecule is I.[O-][Cl+3]([O-])([O-])O.c1ccc(-c2ccccc2)cc1. The van der Waals surface area contributed by atoms with Crippen molar-refractivity contribution in [2.45, 2.75) is 0 Å². The maximum atomic E-state index is 8.60. The molecule has 4 nitrogen and oxygen atoms in total. The van der Waals surface area contributed by atoms with Gasteiger partial charge in [-0.3, -0.25) is 0 Å². The second kappa shape index (κ2) is 8.41. The lowest BCUT2D eigenvalue weighted by atomic mass is 10.1. The lowest BCUT2D eigenvalue weighted by molar-refractivity contribution is -1.92. The summed E-state index contributed by atoms with van der Waals surface area (Å²) in [5.74, 6) is 0. The number of hydrogen-bond donors (Lipinski definition) is 1. The first-order chi connectivity index (χ1) is 7.97. The van der Waals surface area contributed by atoms with Crippen LogP contribution in [0.1, 0.15) is 0 Å². The Morgan fingerprint density at radius 3 is 1.11 bits per heavy atom. The summed E-state index contributed by atoms with van der Waals surface area (Å²) in [6.45, 7) is 0. The Balaban J connectivity index is 0.000000421. The maximum Gasteiger partial charge on any atom is 0.0777 e. The summed E-state index contributed by atoms with van der Waals surface area (Å²) in [6.07, 6.45) is 0. The van der Waals surface area contributed by atoms with Crippen LogP contribution in [0.25, 0.3) is 11.1 Å². The highest BCUT2D eigenvalue weighted by Gasteiger charge is 1.98. The third-order valence-corrected chi connectivity index (χ3v) is 1.88. The number of benzene rings is 2. The van der Waals surface area contributed by atoms with Gasteiger partial charge >= 0.3 is 0 Å². The molecule has 0 saturated carbocycles. The van der Waals surface area contributed by atoms with Gasteiger partial charge in [-0.1, -0.05) is 60.7 Å². The summed E-state index contributed by atoms with van der Waals surface area (Å²) in [7, 11) is -4.69. The van der Waals surface area contributed by atoms with Crippen molar-refractivity contribution in [2.75, 3.05) is 0 Å². The molecule has 0 spiro atoms. The van der Waals surface area contributed by atoms with Crippen LogP contribution in [0, 0.1) is 10.2 Å². The molecule has 0 amide bonds. The van der Waals surface area contributed by atoms with Gasteiger partial charge in [-0.15, -0.1) is 24.0 Å². The third kappa shape index (κ3) is 8.40. The number of halogens is 2. The van der Waals surface area contributed by atoms with Gasteiger partial charge in [0.25, 0.3) is 0 Å².